The molecule has 8 heteroatoms. The van der Waals surface area contributed by atoms with Gasteiger partial charge in [0.25, 0.3) is 4.92 Å². The van der Waals surface area contributed by atoms with Gasteiger partial charge in [0, 0.05) is 30.3 Å². The molecule has 0 atom stereocenters. The van der Waals surface area contributed by atoms with Crippen LogP contribution < -0.4 is 5.32 Å². The minimum absolute atomic E-state index is 0.389. The van der Waals surface area contributed by atoms with Crippen molar-refractivity contribution in [2.24, 2.45) is 7.05 Å². The molecule has 0 spiro atoms. The van der Waals surface area contributed by atoms with Crippen LogP contribution in [0.5, 0.6) is 0 Å². The lowest BCUT2D eigenvalue weighted by Crippen LogP contribution is -2.00. The molecular weight excluding hydrogens is 332 g/mol. The summed E-state index contributed by atoms with van der Waals surface area (Å²) < 4.78 is 2.03. The van der Waals surface area contributed by atoms with Crippen molar-refractivity contribution in [2.45, 2.75) is 6.92 Å². The number of hydrogen-bond acceptors (Lipinski definition) is 6. The van der Waals surface area contributed by atoms with E-state index in [0.29, 0.717) is 16.4 Å². The van der Waals surface area contributed by atoms with Crippen LogP contribution in [0.15, 0.2) is 42.7 Å². The van der Waals surface area contributed by atoms with Gasteiger partial charge in [-0.25, -0.2) is 19.8 Å². The SMILES string of the molecule is CO[N+](=O)c1cccc(Nc2ncnc3cc4nc(C)n(C)c4cc23)c1. The quantitative estimate of drug-likeness (QED) is 0.567. The Labute approximate surface area is 149 Å². The molecule has 0 aliphatic rings. The molecule has 0 aliphatic heterocycles. The number of rotatable bonds is 4. The van der Waals surface area contributed by atoms with E-state index in [2.05, 4.69) is 20.3 Å². The minimum atomic E-state index is 0.389. The Morgan fingerprint density at radius 3 is 2.81 bits per heavy atom. The summed E-state index contributed by atoms with van der Waals surface area (Å²) in [4.78, 5) is 30.1. The van der Waals surface area contributed by atoms with Crippen molar-refractivity contribution in [3.63, 3.8) is 0 Å². The molecule has 0 saturated heterocycles. The molecule has 130 valence electrons. The van der Waals surface area contributed by atoms with Crippen molar-refractivity contribution in [3.05, 3.63) is 53.5 Å². The summed E-state index contributed by atoms with van der Waals surface area (Å²) in [5.41, 5.74) is 3.81. The highest BCUT2D eigenvalue weighted by molar-refractivity contribution is 5.99. The van der Waals surface area contributed by atoms with Gasteiger partial charge in [0.1, 0.15) is 18.0 Å². The molecule has 0 aliphatic carbocycles. The van der Waals surface area contributed by atoms with Gasteiger partial charge in [-0.15, -0.1) is 0 Å². The zero-order valence-corrected chi connectivity index (χ0v) is 14.6. The maximum atomic E-state index is 11.6. The zero-order chi connectivity index (χ0) is 18.3. The molecule has 0 fully saturated rings. The fraction of sp³-hybridized carbons (Fsp3) is 0.167. The van der Waals surface area contributed by atoms with E-state index in [1.807, 2.05) is 36.7 Å². The van der Waals surface area contributed by atoms with Crippen molar-refractivity contribution >= 4 is 39.1 Å². The molecule has 26 heavy (non-hydrogen) atoms. The fourth-order valence-corrected chi connectivity index (χ4v) is 2.90. The van der Waals surface area contributed by atoms with Gasteiger partial charge in [-0.3, -0.25) is 0 Å². The Kier molecular flexibility index (Phi) is 3.72. The summed E-state index contributed by atoms with van der Waals surface area (Å²) >= 11 is 0. The van der Waals surface area contributed by atoms with Gasteiger partial charge in [-0.2, -0.15) is 0 Å². The number of aryl methyl sites for hydroxylation is 2. The van der Waals surface area contributed by atoms with Crippen molar-refractivity contribution in [2.75, 3.05) is 12.4 Å². The number of imidazole rings is 1. The normalized spacial score (nSPS) is 11.0. The summed E-state index contributed by atoms with van der Waals surface area (Å²) in [5, 5.41) is 4.13. The number of fused-ring (bicyclic) bond motifs is 2. The number of anilines is 2. The average molecular weight is 349 g/mol. The van der Waals surface area contributed by atoms with Crippen LogP contribution in [0.3, 0.4) is 0 Å². The number of nitrogens with zero attached hydrogens (tertiary/aromatic N) is 5. The van der Waals surface area contributed by atoms with E-state index >= 15 is 0 Å². The number of aromatic nitrogens is 4. The van der Waals surface area contributed by atoms with Gasteiger partial charge >= 0.3 is 5.69 Å². The van der Waals surface area contributed by atoms with Crippen LogP contribution in [0, 0.1) is 11.8 Å². The number of nitrogens with one attached hydrogen (secondary N) is 1. The molecule has 0 radical (unpaired) electrons. The maximum Gasteiger partial charge on any atom is 0.318 e. The van der Waals surface area contributed by atoms with E-state index in [1.165, 1.54) is 13.4 Å². The van der Waals surface area contributed by atoms with Crippen LogP contribution in [-0.4, -0.2) is 31.6 Å². The highest BCUT2D eigenvalue weighted by Crippen LogP contribution is 2.28. The predicted molar refractivity (Wildman–Crippen MR) is 98.6 cm³/mol. The van der Waals surface area contributed by atoms with Crippen LogP contribution in [-0.2, 0) is 11.9 Å². The third-order valence-electron chi connectivity index (χ3n) is 4.35. The second-order valence-corrected chi connectivity index (χ2v) is 5.91. The van der Waals surface area contributed by atoms with E-state index in [-0.39, 0.29) is 0 Å². The molecule has 2 heterocycles. The summed E-state index contributed by atoms with van der Waals surface area (Å²) in [5.74, 6) is 1.59. The lowest BCUT2D eigenvalue weighted by Gasteiger charge is -2.08. The molecule has 2 aromatic heterocycles. The first kappa shape index (κ1) is 15.9. The first-order valence-corrected chi connectivity index (χ1v) is 8.03. The fourth-order valence-electron chi connectivity index (χ4n) is 2.90. The Hall–Kier alpha value is -3.55. The van der Waals surface area contributed by atoms with E-state index < -0.39 is 0 Å². The first-order chi connectivity index (χ1) is 12.6. The highest BCUT2D eigenvalue weighted by Gasteiger charge is 2.15. The third kappa shape index (κ3) is 2.61. The van der Waals surface area contributed by atoms with Crippen LogP contribution >= 0.6 is 0 Å². The summed E-state index contributed by atoms with van der Waals surface area (Å²) in [7, 11) is 3.30. The van der Waals surface area contributed by atoms with Gasteiger partial charge in [-0.1, -0.05) is 6.07 Å². The van der Waals surface area contributed by atoms with E-state index in [1.54, 1.807) is 18.2 Å². The standard InChI is InChI=1S/C18H17N6O2/c1-11-21-16-9-15-14(8-17(16)23(11)2)18(20-10-19-15)22-12-5-4-6-13(7-12)24(25)26-3/h4-10H,1-3H3,(H,19,20,22)/q+1. The van der Waals surface area contributed by atoms with E-state index in [0.717, 1.165) is 33.4 Å². The van der Waals surface area contributed by atoms with Crippen molar-refractivity contribution in [1.29, 1.82) is 0 Å². The molecule has 2 aromatic carbocycles. The van der Waals surface area contributed by atoms with Crippen molar-refractivity contribution < 1.29 is 9.76 Å². The van der Waals surface area contributed by atoms with Crippen LogP contribution in [0.25, 0.3) is 21.9 Å². The van der Waals surface area contributed by atoms with Gasteiger partial charge < -0.3 is 9.88 Å². The third-order valence-corrected chi connectivity index (χ3v) is 4.35. The number of benzene rings is 2. The largest absolute Gasteiger partial charge is 0.339 e. The van der Waals surface area contributed by atoms with E-state index in [4.69, 9.17) is 4.84 Å². The molecule has 4 aromatic rings. The molecule has 0 unspecified atom stereocenters. The Bertz CT molecular complexity index is 1150. The Morgan fingerprint density at radius 1 is 1.15 bits per heavy atom. The van der Waals surface area contributed by atoms with Crippen LogP contribution in [0.4, 0.5) is 17.2 Å². The molecule has 0 bridgehead atoms. The smallest absolute Gasteiger partial charge is 0.318 e. The predicted octanol–water partition coefficient (Wildman–Crippen LogP) is 3.54. The first-order valence-electron chi connectivity index (χ1n) is 8.03. The summed E-state index contributed by atoms with van der Waals surface area (Å²) in [6, 6.07) is 11.0. The Balaban J connectivity index is 1.81. The molecule has 4 rings (SSSR count). The van der Waals surface area contributed by atoms with Crippen molar-refractivity contribution in [1.82, 2.24) is 19.5 Å². The second kappa shape index (κ2) is 6.07. The summed E-state index contributed by atoms with van der Waals surface area (Å²) in [6.07, 6.45) is 1.51. The van der Waals surface area contributed by atoms with Crippen LogP contribution in [0.2, 0.25) is 0 Å². The number of hydrogen-bond donors (Lipinski definition) is 1. The average Bonchev–Trinajstić information content (AvgIpc) is 2.93. The molecule has 8 nitrogen and oxygen atoms in total. The molecule has 0 amide bonds. The lowest BCUT2D eigenvalue weighted by atomic mass is 10.2. The monoisotopic (exact) mass is 349 g/mol. The topological polar surface area (TPSA) is 84.9 Å². The molecule has 1 N–H and O–H groups in total. The zero-order valence-electron chi connectivity index (χ0n) is 14.6. The lowest BCUT2D eigenvalue weighted by molar-refractivity contribution is -0.736. The molecule has 0 saturated carbocycles. The van der Waals surface area contributed by atoms with Gasteiger partial charge in [0.2, 0.25) is 0 Å². The van der Waals surface area contributed by atoms with Gasteiger partial charge in [0.15, 0.2) is 7.11 Å². The highest BCUT2D eigenvalue weighted by atomic mass is 16.8. The maximum absolute atomic E-state index is 11.6. The van der Waals surface area contributed by atoms with Gasteiger partial charge in [0.05, 0.1) is 21.5 Å². The van der Waals surface area contributed by atoms with E-state index in [9.17, 15) is 4.91 Å². The second-order valence-electron chi connectivity index (χ2n) is 5.91. The molecular formula is C18H17N6O2+. The van der Waals surface area contributed by atoms with Crippen LogP contribution in [0.1, 0.15) is 5.82 Å². The van der Waals surface area contributed by atoms with Gasteiger partial charge in [-0.05, 0) is 25.1 Å². The summed E-state index contributed by atoms with van der Waals surface area (Å²) in [6.45, 7) is 1.96. The minimum Gasteiger partial charge on any atom is -0.339 e. The Morgan fingerprint density at radius 2 is 2.00 bits per heavy atom. The van der Waals surface area contributed by atoms with Crippen molar-refractivity contribution in [3.8, 4) is 0 Å².